The largest absolute Gasteiger partial charge is 0.468 e. The van der Waals surface area contributed by atoms with E-state index < -0.39 is 0 Å². The predicted octanol–water partition coefficient (Wildman–Crippen LogP) is 2.74. The molecule has 98 valence electrons. The van der Waals surface area contributed by atoms with Gasteiger partial charge < -0.3 is 9.73 Å². The molecule has 18 heavy (non-hydrogen) atoms. The molecule has 0 aliphatic heterocycles. The Labute approximate surface area is 112 Å². The van der Waals surface area contributed by atoms with Gasteiger partial charge in [-0.15, -0.1) is 11.3 Å². The fourth-order valence-corrected chi connectivity index (χ4v) is 2.61. The third-order valence-corrected chi connectivity index (χ3v) is 3.77. The molecule has 3 nitrogen and oxygen atoms in total. The van der Waals surface area contributed by atoms with Crippen LogP contribution >= 0.6 is 11.3 Å². The maximum absolute atomic E-state index is 5.55. The highest BCUT2D eigenvalue weighted by Gasteiger charge is 2.05. The second-order valence-electron chi connectivity index (χ2n) is 4.52. The molecule has 2 aromatic rings. The number of nitrogens with one attached hydrogen (secondary N) is 1. The Balaban J connectivity index is 1.77. The lowest BCUT2D eigenvalue weighted by molar-refractivity contribution is 0.299. The Hall–Kier alpha value is -1.10. The first-order chi connectivity index (χ1) is 8.78. The minimum absolute atomic E-state index is 0.864. The molecule has 0 saturated heterocycles. The van der Waals surface area contributed by atoms with E-state index in [-0.39, 0.29) is 0 Å². The van der Waals surface area contributed by atoms with Gasteiger partial charge in [0.2, 0.25) is 0 Å². The van der Waals surface area contributed by atoms with E-state index in [1.807, 2.05) is 24.6 Å². The maximum atomic E-state index is 5.55. The molecule has 0 spiro atoms. The lowest BCUT2D eigenvalue weighted by atomic mass is 10.3. The summed E-state index contributed by atoms with van der Waals surface area (Å²) in [5, 5.41) is 5.25. The third kappa shape index (κ3) is 3.98. The van der Waals surface area contributed by atoms with Crippen molar-refractivity contribution in [2.75, 3.05) is 20.6 Å². The first kappa shape index (κ1) is 13.3. The van der Waals surface area contributed by atoms with Gasteiger partial charge in [0.1, 0.15) is 5.76 Å². The van der Waals surface area contributed by atoms with Crippen LogP contribution in [0, 0.1) is 0 Å². The van der Waals surface area contributed by atoms with E-state index in [9.17, 15) is 0 Å². The van der Waals surface area contributed by atoms with Crippen LogP contribution < -0.4 is 5.32 Å². The van der Waals surface area contributed by atoms with Crippen molar-refractivity contribution in [2.45, 2.75) is 19.5 Å². The molecule has 1 N–H and O–H groups in total. The quantitative estimate of drug-likeness (QED) is 0.833. The molecule has 0 bridgehead atoms. The Bertz CT molecular complexity index is 450. The second kappa shape index (κ2) is 6.73. The van der Waals surface area contributed by atoms with Gasteiger partial charge >= 0.3 is 0 Å². The zero-order chi connectivity index (χ0) is 12.8. The fraction of sp³-hybridized carbons (Fsp3) is 0.429. The lowest BCUT2D eigenvalue weighted by Crippen LogP contribution is -2.20. The molecule has 0 aliphatic carbocycles. The van der Waals surface area contributed by atoms with E-state index in [0.29, 0.717) is 0 Å². The molecule has 0 aliphatic rings. The molecule has 2 rings (SSSR count). The van der Waals surface area contributed by atoms with Gasteiger partial charge in [0.25, 0.3) is 0 Å². The minimum Gasteiger partial charge on any atom is -0.468 e. The van der Waals surface area contributed by atoms with Gasteiger partial charge in [-0.1, -0.05) is 6.07 Å². The van der Waals surface area contributed by atoms with Crippen molar-refractivity contribution in [1.82, 2.24) is 10.2 Å². The first-order valence-corrected chi connectivity index (χ1v) is 7.07. The molecule has 0 radical (unpaired) electrons. The van der Waals surface area contributed by atoms with Crippen LogP contribution in [0.5, 0.6) is 0 Å². The minimum atomic E-state index is 0.864. The van der Waals surface area contributed by atoms with Gasteiger partial charge in [-0.05, 0) is 38.0 Å². The Morgan fingerprint density at radius 1 is 1.44 bits per heavy atom. The van der Waals surface area contributed by atoms with Gasteiger partial charge in [-0.3, -0.25) is 4.90 Å². The smallest absolute Gasteiger partial charge is 0.118 e. The molecule has 0 atom stereocenters. The average Bonchev–Trinajstić information content (AvgIpc) is 2.99. The summed E-state index contributed by atoms with van der Waals surface area (Å²) in [4.78, 5) is 3.74. The predicted molar refractivity (Wildman–Crippen MR) is 75.8 cm³/mol. The highest BCUT2D eigenvalue weighted by Crippen LogP contribution is 2.12. The van der Waals surface area contributed by atoms with Gasteiger partial charge in [0, 0.05) is 23.5 Å². The number of hydrogen-bond acceptors (Lipinski definition) is 4. The van der Waals surface area contributed by atoms with E-state index in [1.54, 1.807) is 0 Å². The van der Waals surface area contributed by atoms with E-state index in [4.69, 9.17) is 4.42 Å². The highest BCUT2D eigenvalue weighted by molar-refractivity contribution is 7.09. The average molecular weight is 264 g/mol. The van der Waals surface area contributed by atoms with Crippen LogP contribution in [-0.4, -0.2) is 25.5 Å². The molecule has 4 heteroatoms. The molecule has 0 fully saturated rings. The third-order valence-electron chi connectivity index (χ3n) is 2.83. The number of furan rings is 1. The summed E-state index contributed by atoms with van der Waals surface area (Å²) in [6, 6.07) is 6.42. The number of likely N-dealkylation sites (N-methyl/N-ethyl adjacent to an activating group) is 1. The normalized spacial score (nSPS) is 11.3. The van der Waals surface area contributed by atoms with Gasteiger partial charge in [0.15, 0.2) is 0 Å². The summed E-state index contributed by atoms with van der Waals surface area (Å²) in [5.41, 5.74) is 1.21. The molecule has 0 amide bonds. The van der Waals surface area contributed by atoms with E-state index >= 15 is 0 Å². The van der Waals surface area contributed by atoms with Crippen molar-refractivity contribution in [3.8, 4) is 0 Å². The number of thiophene rings is 1. The summed E-state index contributed by atoms with van der Waals surface area (Å²) >= 11 is 1.82. The van der Waals surface area contributed by atoms with Crippen LogP contribution in [0.3, 0.4) is 0 Å². The number of nitrogens with zero attached hydrogens (tertiary/aromatic N) is 1. The van der Waals surface area contributed by atoms with E-state index in [2.05, 4.69) is 40.8 Å². The van der Waals surface area contributed by atoms with E-state index in [1.165, 1.54) is 10.4 Å². The monoisotopic (exact) mass is 264 g/mol. The molecule has 0 aromatic carbocycles. The van der Waals surface area contributed by atoms with Crippen molar-refractivity contribution < 1.29 is 4.42 Å². The van der Waals surface area contributed by atoms with Crippen LogP contribution in [0.15, 0.2) is 34.3 Å². The zero-order valence-electron chi connectivity index (χ0n) is 11.0. The van der Waals surface area contributed by atoms with Gasteiger partial charge in [-0.2, -0.15) is 0 Å². The van der Waals surface area contributed by atoms with Crippen LogP contribution in [0.1, 0.15) is 16.2 Å². The Kier molecular flexibility index (Phi) is 4.99. The topological polar surface area (TPSA) is 28.4 Å². The van der Waals surface area contributed by atoms with Crippen LogP contribution in [-0.2, 0) is 19.5 Å². The Morgan fingerprint density at radius 2 is 2.33 bits per heavy atom. The SMILES string of the molecule is CNCc1coc(CN(C)CCc2cccs2)c1. The maximum Gasteiger partial charge on any atom is 0.118 e. The highest BCUT2D eigenvalue weighted by atomic mass is 32.1. The van der Waals surface area contributed by atoms with E-state index in [0.717, 1.165) is 31.8 Å². The molecule has 0 unspecified atom stereocenters. The molecular formula is C14H20N2OS. The first-order valence-electron chi connectivity index (χ1n) is 6.19. The summed E-state index contributed by atoms with van der Waals surface area (Å²) in [6.07, 6.45) is 2.94. The Morgan fingerprint density at radius 3 is 3.06 bits per heavy atom. The van der Waals surface area contributed by atoms with Crippen LogP contribution in [0.4, 0.5) is 0 Å². The summed E-state index contributed by atoms with van der Waals surface area (Å²) in [6.45, 7) is 2.79. The molecule has 2 aromatic heterocycles. The lowest BCUT2D eigenvalue weighted by Gasteiger charge is -2.14. The van der Waals surface area contributed by atoms with Gasteiger partial charge in [-0.25, -0.2) is 0 Å². The van der Waals surface area contributed by atoms with Crippen LogP contribution in [0.25, 0.3) is 0 Å². The summed E-state index contributed by atoms with van der Waals surface area (Å²) in [7, 11) is 4.08. The van der Waals surface area contributed by atoms with Crippen molar-refractivity contribution in [3.63, 3.8) is 0 Å². The second-order valence-corrected chi connectivity index (χ2v) is 5.55. The standard InChI is InChI=1S/C14H20N2OS/c1-15-9-12-8-13(17-11-12)10-16(2)6-5-14-4-3-7-18-14/h3-4,7-8,11,15H,5-6,9-10H2,1-2H3. The van der Waals surface area contributed by atoms with Crippen molar-refractivity contribution in [2.24, 2.45) is 0 Å². The van der Waals surface area contributed by atoms with Crippen molar-refractivity contribution in [3.05, 3.63) is 46.0 Å². The van der Waals surface area contributed by atoms with Gasteiger partial charge in [0.05, 0.1) is 12.8 Å². The molecule has 2 heterocycles. The number of rotatable bonds is 7. The number of hydrogen-bond donors (Lipinski definition) is 1. The van der Waals surface area contributed by atoms with Crippen LogP contribution in [0.2, 0.25) is 0 Å². The molecule has 0 saturated carbocycles. The fourth-order valence-electron chi connectivity index (χ4n) is 1.91. The summed E-state index contributed by atoms with van der Waals surface area (Å²) in [5.74, 6) is 1.04. The van der Waals surface area contributed by atoms with Crippen molar-refractivity contribution in [1.29, 1.82) is 0 Å². The zero-order valence-corrected chi connectivity index (χ0v) is 11.8. The molecular weight excluding hydrogens is 244 g/mol. The van der Waals surface area contributed by atoms with Crippen molar-refractivity contribution >= 4 is 11.3 Å². The summed E-state index contributed by atoms with van der Waals surface area (Å²) < 4.78 is 5.55.